The second kappa shape index (κ2) is 6.10. The van der Waals surface area contributed by atoms with Gasteiger partial charge in [-0.05, 0) is 26.6 Å². The van der Waals surface area contributed by atoms with Gasteiger partial charge in [0, 0.05) is 18.9 Å². The molecule has 0 saturated carbocycles. The van der Waals surface area contributed by atoms with Gasteiger partial charge in [-0.25, -0.2) is 4.68 Å². The van der Waals surface area contributed by atoms with E-state index in [1.807, 2.05) is 14.1 Å². The topological polar surface area (TPSA) is 95.0 Å². The summed E-state index contributed by atoms with van der Waals surface area (Å²) in [7, 11) is 4.02. The van der Waals surface area contributed by atoms with Crippen LogP contribution in [0, 0.1) is 0 Å². The van der Waals surface area contributed by atoms with Crippen molar-refractivity contribution >= 4 is 5.95 Å². The van der Waals surface area contributed by atoms with Gasteiger partial charge in [0.2, 0.25) is 5.95 Å². The first-order valence-electron chi connectivity index (χ1n) is 5.94. The molecular weight excluding hydrogens is 246 g/mol. The molecule has 8 nitrogen and oxygen atoms in total. The number of ether oxygens (including phenoxy) is 1. The van der Waals surface area contributed by atoms with Crippen LogP contribution in [0.4, 0.5) is 5.95 Å². The minimum Gasteiger partial charge on any atom is -0.463 e. The van der Waals surface area contributed by atoms with Crippen LogP contribution in [0.3, 0.4) is 0 Å². The molecule has 0 fully saturated rings. The van der Waals surface area contributed by atoms with Crippen molar-refractivity contribution in [2.75, 3.05) is 33.0 Å². The van der Waals surface area contributed by atoms with E-state index in [0.717, 1.165) is 13.0 Å². The smallest absolute Gasteiger partial charge is 0.323 e. The van der Waals surface area contributed by atoms with Gasteiger partial charge in [-0.1, -0.05) is 0 Å². The molecular formula is C11H17N7O. The van der Waals surface area contributed by atoms with Crippen molar-refractivity contribution in [3.8, 4) is 12.0 Å². The SMILES string of the molecule is CN(C)CCCOc1nc(N)nc(-n2cccn2)n1. The zero-order valence-electron chi connectivity index (χ0n) is 11.0. The lowest BCUT2D eigenvalue weighted by Crippen LogP contribution is -2.16. The Bertz CT molecular complexity index is 512. The lowest BCUT2D eigenvalue weighted by atomic mass is 10.4. The number of hydrogen-bond acceptors (Lipinski definition) is 7. The Morgan fingerprint density at radius 2 is 2.16 bits per heavy atom. The predicted molar refractivity (Wildman–Crippen MR) is 70.0 cm³/mol. The summed E-state index contributed by atoms with van der Waals surface area (Å²) in [5, 5.41) is 4.03. The Balaban J connectivity index is 2.01. The van der Waals surface area contributed by atoms with Crippen LogP contribution in [0.25, 0.3) is 5.95 Å². The third-order valence-corrected chi connectivity index (χ3v) is 2.31. The molecule has 0 saturated heterocycles. The Hall–Kier alpha value is -2.22. The normalized spacial score (nSPS) is 10.9. The molecule has 0 aliphatic rings. The Kier molecular flexibility index (Phi) is 4.24. The zero-order chi connectivity index (χ0) is 13.7. The van der Waals surface area contributed by atoms with E-state index < -0.39 is 0 Å². The maximum absolute atomic E-state index is 5.63. The molecule has 0 aliphatic carbocycles. The molecule has 0 spiro atoms. The molecule has 8 heteroatoms. The van der Waals surface area contributed by atoms with Crippen LogP contribution in [0.2, 0.25) is 0 Å². The highest BCUT2D eigenvalue weighted by Gasteiger charge is 2.07. The van der Waals surface area contributed by atoms with Gasteiger partial charge in [-0.15, -0.1) is 0 Å². The number of hydrogen-bond donors (Lipinski definition) is 1. The molecule has 2 aromatic rings. The molecule has 2 aromatic heterocycles. The molecule has 2 heterocycles. The van der Waals surface area contributed by atoms with Crippen molar-refractivity contribution in [3.63, 3.8) is 0 Å². The van der Waals surface area contributed by atoms with Gasteiger partial charge in [-0.3, -0.25) is 0 Å². The van der Waals surface area contributed by atoms with Gasteiger partial charge in [0.1, 0.15) is 0 Å². The second-order valence-corrected chi connectivity index (χ2v) is 4.23. The monoisotopic (exact) mass is 263 g/mol. The molecule has 0 aliphatic heterocycles. The highest BCUT2D eigenvalue weighted by atomic mass is 16.5. The number of anilines is 1. The van der Waals surface area contributed by atoms with E-state index in [2.05, 4.69) is 25.0 Å². The van der Waals surface area contributed by atoms with E-state index >= 15 is 0 Å². The predicted octanol–water partition coefficient (Wildman–Crippen LogP) is -0.0300. The standard InChI is InChI=1S/C11H17N7O/c1-17(2)6-4-8-19-11-15-9(12)14-10(16-11)18-7-3-5-13-18/h3,5,7H,4,6,8H2,1-2H3,(H2,12,14,15,16). The minimum atomic E-state index is 0.114. The van der Waals surface area contributed by atoms with E-state index in [-0.39, 0.29) is 12.0 Å². The highest BCUT2D eigenvalue weighted by molar-refractivity contribution is 5.24. The Morgan fingerprint density at radius 3 is 2.84 bits per heavy atom. The van der Waals surface area contributed by atoms with Crippen LogP contribution < -0.4 is 10.5 Å². The summed E-state index contributed by atoms with van der Waals surface area (Å²) in [6.07, 6.45) is 4.25. The fraction of sp³-hybridized carbons (Fsp3) is 0.455. The second-order valence-electron chi connectivity index (χ2n) is 4.23. The minimum absolute atomic E-state index is 0.114. The summed E-state index contributed by atoms with van der Waals surface area (Å²) in [6.45, 7) is 1.47. The molecule has 102 valence electrons. The fourth-order valence-electron chi connectivity index (χ4n) is 1.46. The van der Waals surface area contributed by atoms with Crippen molar-refractivity contribution < 1.29 is 4.74 Å². The molecule has 0 unspecified atom stereocenters. The molecule has 0 radical (unpaired) electrons. The maximum atomic E-state index is 5.63. The van der Waals surface area contributed by atoms with Crippen LogP contribution in [-0.4, -0.2) is 56.9 Å². The summed E-state index contributed by atoms with van der Waals surface area (Å²) in [4.78, 5) is 14.2. The number of rotatable bonds is 6. The average molecular weight is 263 g/mol. The van der Waals surface area contributed by atoms with E-state index in [4.69, 9.17) is 10.5 Å². The van der Waals surface area contributed by atoms with Crippen LogP contribution in [0.5, 0.6) is 6.01 Å². The summed E-state index contributed by atoms with van der Waals surface area (Å²) >= 11 is 0. The number of nitrogen functional groups attached to an aromatic ring is 1. The van der Waals surface area contributed by atoms with Crippen LogP contribution in [0.15, 0.2) is 18.5 Å². The summed E-state index contributed by atoms with van der Waals surface area (Å²) in [5.74, 6) is 0.461. The van der Waals surface area contributed by atoms with Crippen molar-refractivity contribution in [2.45, 2.75) is 6.42 Å². The third kappa shape index (κ3) is 3.88. The Morgan fingerprint density at radius 1 is 1.32 bits per heavy atom. The van der Waals surface area contributed by atoms with E-state index in [1.54, 1.807) is 18.5 Å². The van der Waals surface area contributed by atoms with E-state index in [1.165, 1.54) is 4.68 Å². The van der Waals surface area contributed by atoms with Crippen molar-refractivity contribution in [3.05, 3.63) is 18.5 Å². The van der Waals surface area contributed by atoms with Gasteiger partial charge in [0.25, 0.3) is 5.95 Å². The number of aromatic nitrogens is 5. The van der Waals surface area contributed by atoms with Crippen LogP contribution >= 0.6 is 0 Å². The van der Waals surface area contributed by atoms with Crippen molar-refractivity contribution in [2.24, 2.45) is 0 Å². The number of nitrogens with two attached hydrogens (primary N) is 1. The molecule has 19 heavy (non-hydrogen) atoms. The largest absolute Gasteiger partial charge is 0.463 e. The first-order valence-corrected chi connectivity index (χ1v) is 5.94. The lowest BCUT2D eigenvalue weighted by Gasteiger charge is -2.10. The van der Waals surface area contributed by atoms with Crippen molar-refractivity contribution in [1.82, 2.24) is 29.6 Å². The molecule has 2 rings (SSSR count). The van der Waals surface area contributed by atoms with Gasteiger partial charge >= 0.3 is 6.01 Å². The van der Waals surface area contributed by atoms with Gasteiger partial charge < -0.3 is 15.4 Å². The summed E-state index contributed by atoms with van der Waals surface area (Å²) in [5.41, 5.74) is 5.63. The first-order chi connectivity index (χ1) is 9.15. The molecule has 0 amide bonds. The Labute approximate surface area is 111 Å². The molecule has 0 aromatic carbocycles. The lowest BCUT2D eigenvalue weighted by molar-refractivity contribution is 0.263. The van der Waals surface area contributed by atoms with E-state index in [0.29, 0.717) is 12.6 Å². The van der Waals surface area contributed by atoms with Gasteiger partial charge in [-0.2, -0.15) is 20.1 Å². The maximum Gasteiger partial charge on any atom is 0.323 e. The average Bonchev–Trinajstić information content (AvgIpc) is 2.87. The van der Waals surface area contributed by atoms with Gasteiger partial charge in [0.15, 0.2) is 0 Å². The van der Waals surface area contributed by atoms with Crippen LogP contribution in [0.1, 0.15) is 6.42 Å². The van der Waals surface area contributed by atoms with Gasteiger partial charge in [0.05, 0.1) is 6.61 Å². The summed E-state index contributed by atoms with van der Waals surface area (Å²) < 4.78 is 6.97. The first kappa shape index (κ1) is 13.2. The quantitative estimate of drug-likeness (QED) is 0.731. The number of nitrogens with zero attached hydrogens (tertiary/aromatic N) is 6. The highest BCUT2D eigenvalue weighted by Crippen LogP contribution is 2.08. The molecule has 0 bridgehead atoms. The molecule has 2 N–H and O–H groups in total. The van der Waals surface area contributed by atoms with Crippen LogP contribution in [-0.2, 0) is 0 Å². The molecule has 0 atom stereocenters. The van der Waals surface area contributed by atoms with E-state index in [9.17, 15) is 0 Å². The van der Waals surface area contributed by atoms with Crippen molar-refractivity contribution in [1.29, 1.82) is 0 Å². The fourth-order valence-corrected chi connectivity index (χ4v) is 1.46. The summed E-state index contributed by atoms with van der Waals surface area (Å²) in [6, 6.07) is 1.99. The zero-order valence-corrected chi connectivity index (χ0v) is 11.0. The third-order valence-electron chi connectivity index (χ3n) is 2.31.